The summed E-state index contributed by atoms with van der Waals surface area (Å²) in [6.45, 7) is 0.546. The van der Waals surface area contributed by atoms with Gasteiger partial charge in [-0.15, -0.1) is 0 Å². The molecule has 1 nitrogen and oxygen atoms in total. The van der Waals surface area contributed by atoms with E-state index in [0.29, 0.717) is 0 Å². The van der Waals surface area contributed by atoms with E-state index < -0.39 is 98.6 Å². The Hall–Kier alpha value is -1.30. The van der Waals surface area contributed by atoms with Crippen molar-refractivity contribution >= 4 is 0 Å². The zero-order valence-electron chi connectivity index (χ0n) is 18.6. The van der Waals surface area contributed by atoms with Crippen LogP contribution in [-0.4, -0.2) is 61.1 Å². The molecule has 0 aliphatic rings. The number of ether oxygens (including phenoxy) is 1. The number of hydrogen-bond donors (Lipinski definition) is 0. The number of alkyl halides is 18. The second-order valence-electron chi connectivity index (χ2n) is 8.53. The predicted molar refractivity (Wildman–Crippen MR) is 89.4 cm³/mol. The van der Waals surface area contributed by atoms with Gasteiger partial charge in [0, 0.05) is 26.1 Å². The summed E-state index contributed by atoms with van der Waals surface area (Å²) in [7, 11) is 0. The first-order valence-electron chi connectivity index (χ1n) is 9.97. The van der Waals surface area contributed by atoms with Crippen molar-refractivity contribution < 1.29 is 83.8 Å². The maximum absolute atomic E-state index is 13.5. The predicted octanol–water partition coefficient (Wildman–Crippen LogP) is 8.77. The highest BCUT2D eigenvalue weighted by Gasteiger charge is 2.82. The summed E-state index contributed by atoms with van der Waals surface area (Å²) in [5.74, 6) is -41.9. The van der Waals surface area contributed by atoms with Crippen molar-refractivity contribution in [3.8, 4) is 0 Å². The Morgan fingerprint density at radius 3 is 0.892 bits per heavy atom. The SMILES string of the molecule is CC(CCC(F)(F)C(F)(F)C(F)(F)C(F)(F)F)COCC(C)CCC(F)(F)C(F)(F)C(F)(F)C(F)(F)F. The molecule has 0 aromatic carbocycles. The van der Waals surface area contributed by atoms with Gasteiger partial charge < -0.3 is 4.74 Å². The summed E-state index contributed by atoms with van der Waals surface area (Å²) < 4.78 is 235. The maximum Gasteiger partial charge on any atom is 0.460 e. The molecule has 0 rings (SSSR count). The molecule has 0 heterocycles. The third-order valence-corrected chi connectivity index (χ3v) is 5.13. The van der Waals surface area contributed by atoms with Crippen LogP contribution in [0.2, 0.25) is 0 Å². The summed E-state index contributed by atoms with van der Waals surface area (Å²) in [5.41, 5.74) is 0. The van der Waals surface area contributed by atoms with Gasteiger partial charge >= 0.3 is 47.9 Å². The molecule has 0 N–H and O–H groups in total. The second-order valence-corrected chi connectivity index (χ2v) is 8.53. The Kier molecular flexibility index (Phi) is 10.7. The molecular formula is C18H20F18O. The van der Waals surface area contributed by atoms with Crippen molar-refractivity contribution in [3.05, 3.63) is 0 Å². The third-order valence-electron chi connectivity index (χ3n) is 5.13. The number of rotatable bonds is 14. The van der Waals surface area contributed by atoms with Crippen LogP contribution in [0.15, 0.2) is 0 Å². The van der Waals surface area contributed by atoms with Gasteiger partial charge in [0.15, 0.2) is 0 Å². The molecule has 2 unspecified atom stereocenters. The van der Waals surface area contributed by atoms with Crippen LogP contribution in [0.25, 0.3) is 0 Å². The molecule has 0 aromatic rings. The van der Waals surface area contributed by atoms with Crippen molar-refractivity contribution in [2.75, 3.05) is 13.2 Å². The molecule has 0 spiro atoms. The van der Waals surface area contributed by atoms with Crippen LogP contribution >= 0.6 is 0 Å². The van der Waals surface area contributed by atoms with Gasteiger partial charge in [0.05, 0.1) is 0 Å². The largest absolute Gasteiger partial charge is 0.460 e. The van der Waals surface area contributed by atoms with Gasteiger partial charge in [0.2, 0.25) is 0 Å². The van der Waals surface area contributed by atoms with Gasteiger partial charge in [-0.3, -0.25) is 0 Å². The van der Waals surface area contributed by atoms with Gasteiger partial charge in [-0.2, -0.15) is 79.0 Å². The van der Waals surface area contributed by atoms with Crippen LogP contribution in [0.5, 0.6) is 0 Å². The molecule has 224 valence electrons. The fourth-order valence-corrected chi connectivity index (χ4v) is 2.62. The van der Waals surface area contributed by atoms with Gasteiger partial charge in [0.25, 0.3) is 0 Å². The Morgan fingerprint density at radius 1 is 0.432 bits per heavy atom. The average molecular weight is 594 g/mol. The minimum Gasteiger partial charge on any atom is -0.381 e. The zero-order valence-corrected chi connectivity index (χ0v) is 18.6. The first kappa shape index (κ1) is 35.7. The first-order valence-corrected chi connectivity index (χ1v) is 9.97. The molecular weight excluding hydrogens is 574 g/mol. The molecule has 37 heavy (non-hydrogen) atoms. The van der Waals surface area contributed by atoms with E-state index in [1.54, 1.807) is 0 Å². The van der Waals surface area contributed by atoms with Crippen LogP contribution in [0, 0.1) is 11.8 Å². The Balaban J connectivity index is 4.86. The Labute approximate surface area is 197 Å². The maximum atomic E-state index is 13.5. The van der Waals surface area contributed by atoms with E-state index in [1.165, 1.54) is 0 Å². The molecule has 2 atom stereocenters. The molecule has 0 amide bonds. The fourth-order valence-electron chi connectivity index (χ4n) is 2.62. The van der Waals surface area contributed by atoms with E-state index >= 15 is 0 Å². The molecule has 0 radical (unpaired) electrons. The highest BCUT2D eigenvalue weighted by Crippen LogP contribution is 2.55. The first-order chi connectivity index (χ1) is 16.0. The monoisotopic (exact) mass is 594 g/mol. The minimum atomic E-state index is -7.07. The molecule has 0 bridgehead atoms. The van der Waals surface area contributed by atoms with Gasteiger partial charge in [0.1, 0.15) is 0 Å². The molecule has 0 saturated carbocycles. The van der Waals surface area contributed by atoms with Crippen LogP contribution in [-0.2, 0) is 4.74 Å². The normalized spacial score (nSPS) is 17.2. The molecule has 0 fully saturated rings. The van der Waals surface area contributed by atoms with Crippen molar-refractivity contribution in [1.82, 2.24) is 0 Å². The van der Waals surface area contributed by atoms with E-state index in [4.69, 9.17) is 4.74 Å². The quantitative estimate of drug-likeness (QED) is 0.183. The molecule has 0 aromatic heterocycles. The topological polar surface area (TPSA) is 9.23 Å². The lowest BCUT2D eigenvalue weighted by molar-refractivity contribution is -0.397. The lowest BCUT2D eigenvalue weighted by atomic mass is 9.95. The lowest BCUT2D eigenvalue weighted by Crippen LogP contribution is -2.60. The van der Waals surface area contributed by atoms with Gasteiger partial charge in [-0.25, -0.2) is 0 Å². The summed E-state index contributed by atoms with van der Waals surface area (Å²) in [6.07, 6.45) is -20.5. The van der Waals surface area contributed by atoms with Crippen molar-refractivity contribution in [1.29, 1.82) is 0 Å². The van der Waals surface area contributed by atoms with Crippen molar-refractivity contribution in [3.63, 3.8) is 0 Å². The summed E-state index contributed by atoms with van der Waals surface area (Å²) >= 11 is 0. The van der Waals surface area contributed by atoms with Crippen LogP contribution in [0.1, 0.15) is 39.5 Å². The lowest BCUT2D eigenvalue weighted by Gasteiger charge is -2.34. The highest BCUT2D eigenvalue weighted by molar-refractivity contribution is 5.01. The molecule has 0 aliphatic carbocycles. The van der Waals surface area contributed by atoms with Crippen LogP contribution < -0.4 is 0 Å². The van der Waals surface area contributed by atoms with E-state index in [1.807, 2.05) is 0 Å². The summed E-state index contributed by atoms with van der Waals surface area (Å²) in [4.78, 5) is 0. The summed E-state index contributed by atoms with van der Waals surface area (Å²) in [5, 5.41) is 0. The molecule has 0 saturated heterocycles. The van der Waals surface area contributed by atoms with E-state index in [9.17, 15) is 79.0 Å². The fraction of sp³-hybridized carbons (Fsp3) is 1.00. The standard InChI is InChI=1S/C18H20F18O/c1-9(3-5-11(19,20)13(23,24)15(27,28)17(31,32)33)7-37-8-10(2)4-6-12(21,22)14(25,26)16(29,30)18(34,35)36/h9-10H,3-8H2,1-2H3. The second kappa shape index (κ2) is 11.1. The number of hydrogen-bond acceptors (Lipinski definition) is 1. The van der Waals surface area contributed by atoms with Crippen molar-refractivity contribution in [2.45, 2.75) is 87.4 Å². The summed E-state index contributed by atoms with van der Waals surface area (Å²) in [6, 6.07) is 0. The molecule has 19 heteroatoms. The average Bonchev–Trinajstić information content (AvgIpc) is 2.68. The van der Waals surface area contributed by atoms with E-state index in [-0.39, 0.29) is 0 Å². The highest BCUT2D eigenvalue weighted by atomic mass is 19.4. The minimum absolute atomic E-state index is 0.708. The molecule has 0 aliphatic heterocycles. The third kappa shape index (κ3) is 7.42. The van der Waals surface area contributed by atoms with Gasteiger partial charge in [-0.05, 0) is 24.7 Å². The smallest absolute Gasteiger partial charge is 0.381 e. The number of halogens is 18. The van der Waals surface area contributed by atoms with Crippen LogP contribution in [0.3, 0.4) is 0 Å². The zero-order chi connectivity index (χ0) is 30.1. The van der Waals surface area contributed by atoms with Crippen molar-refractivity contribution in [2.24, 2.45) is 11.8 Å². The Bertz CT molecular complexity index is 663. The van der Waals surface area contributed by atoms with Crippen LogP contribution in [0.4, 0.5) is 79.0 Å². The van der Waals surface area contributed by atoms with E-state index in [2.05, 4.69) is 0 Å². The Morgan fingerprint density at radius 2 is 0.676 bits per heavy atom. The van der Waals surface area contributed by atoms with E-state index in [0.717, 1.165) is 13.8 Å². The van der Waals surface area contributed by atoms with Gasteiger partial charge in [-0.1, -0.05) is 13.8 Å².